The summed E-state index contributed by atoms with van der Waals surface area (Å²) in [6.45, 7) is 16.5. The van der Waals surface area contributed by atoms with Crippen LogP contribution in [0.15, 0.2) is 95.4 Å². The van der Waals surface area contributed by atoms with Crippen LogP contribution < -0.4 is 0 Å². The van der Waals surface area contributed by atoms with Crippen LogP contribution in [-0.2, 0) is 29.1 Å². The average Bonchev–Trinajstić information content (AvgIpc) is 3.56. The molecule has 0 saturated heterocycles. The number of hydrogen-bond acceptors (Lipinski definition) is 1. The molecule has 0 atom stereocenters. The van der Waals surface area contributed by atoms with Crippen molar-refractivity contribution in [1.82, 2.24) is 0 Å². The summed E-state index contributed by atoms with van der Waals surface area (Å²) in [6, 6.07) is 34.6. The number of furan rings is 1. The standard InChI is InChI=1S/C43H42O/c1-41(2,3)28-18-15-26(16-19-28)11-10-12-27-17-20-29-31-24-36-32(25-35(31)43(6,7)34(29)23-27)39-33(42(36,4)5)21-22-38-40(39)30-13-8-9-14-37(30)44-38/h8-9,13-25H,10-12H2,1-7H3. The summed E-state index contributed by atoms with van der Waals surface area (Å²) in [5, 5.41) is 2.47. The van der Waals surface area contributed by atoms with Gasteiger partial charge in [0, 0.05) is 21.6 Å². The van der Waals surface area contributed by atoms with Crippen LogP contribution in [0.3, 0.4) is 0 Å². The van der Waals surface area contributed by atoms with Gasteiger partial charge in [0.15, 0.2) is 0 Å². The van der Waals surface area contributed by atoms with Crippen LogP contribution in [0.2, 0.25) is 0 Å². The van der Waals surface area contributed by atoms with Crippen molar-refractivity contribution in [2.75, 3.05) is 0 Å². The van der Waals surface area contributed by atoms with Gasteiger partial charge < -0.3 is 4.42 Å². The second-order valence-electron chi connectivity index (χ2n) is 15.3. The Bertz CT molecular complexity index is 2110. The zero-order chi connectivity index (χ0) is 30.6. The van der Waals surface area contributed by atoms with E-state index in [0.29, 0.717) is 0 Å². The van der Waals surface area contributed by atoms with E-state index in [1.807, 2.05) is 0 Å². The Balaban J connectivity index is 1.15. The van der Waals surface area contributed by atoms with Gasteiger partial charge in [-0.15, -0.1) is 0 Å². The zero-order valence-electron chi connectivity index (χ0n) is 27.2. The lowest BCUT2D eigenvalue weighted by Crippen LogP contribution is -2.17. The van der Waals surface area contributed by atoms with E-state index in [1.54, 1.807) is 0 Å². The molecule has 1 aromatic heterocycles. The third-order valence-corrected chi connectivity index (χ3v) is 10.8. The summed E-state index contributed by atoms with van der Waals surface area (Å²) in [5.41, 5.74) is 17.6. The second kappa shape index (κ2) is 9.21. The number of hydrogen-bond donors (Lipinski definition) is 0. The summed E-state index contributed by atoms with van der Waals surface area (Å²) in [7, 11) is 0. The topological polar surface area (TPSA) is 13.1 Å². The fourth-order valence-electron chi connectivity index (χ4n) is 8.14. The first-order chi connectivity index (χ1) is 20.9. The molecule has 0 fully saturated rings. The summed E-state index contributed by atoms with van der Waals surface area (Å²) < 4.78 is 6.34. The summed E-state index contributed by atoms with van der Waals surface area (Å²) >= 11 is 0. The second-order valence-corrected chi connectivity index (χ2v) is 15.3. The highest BCUT2D eigenvalue weighted by atomic mass is 16.3. The molecule has 5 aromatic carbocycles. The molecule has 0 saturated carbocycles. The predicted octanol–water partition coefficient (Wildman–Crippen LogP) is 11.7. The van der Waals surface area contributed by atoms with Gasteiger partial charge in [-0.25, -0.2) is 0 Å². The molecular formula is C43H42O. The normalized spacial score (nSPS) is 15.8. The molecule has 44 heavy (non-hydrogen) atoms. The Hall–Kier alpha value is -4.10. The number of aryl methyl sites for hydroxylation is 2. The van der Waals surface area contributed by atoms with Crippen molar-refractivity contribution in [3.8, 4) is 22.3 Å². The van der Waals surface area contributed by atoms with Crippen molar-refractivity contribution in [2.45, 2.75) is 84.0 Å². The van der Waals surface area contributed by atoms with E-state index in [4.69, 9.17) is 4.42 Å². The summed E-state index contributed by atoms with van der Waals surface area (Å²) in [4.78, 5) is 0. The highest BCUT2D eigenvalue weighted by Gasteiger charge is 2.42. The minimum Gasteiger partial charge on any atom is -0.456 e. The van der Waals surface area contributed by atoms with Crippen molar-refractivity contribution >= 4 is 21.9 Å². The van der Waals surface area contributed by atoms with Crippen molar-refractivity contribution < 1.29 is 4.42 Å². The Morgan fingerprint density at radius 2 is 1.20 bits per heavy atom. The van der Waals surface area contributed by atoms with Crippen molar-refractivity contribution in [3.05, 3.63) is 130 Å². The van der Waals surface area contributed by atoms with Gasteiger partial charge in [-0.3, -0.25) is 0 Å². The van der Waals surface area contributed by atoms with Gasteiger partial charge in [0.2, 0.25) is 0 Å². The van der Waals surface area contributed by atoms with Gasteiger partial charge in [-0.05, 0) is 110 Å². The first-order valence-corrected chi connectivity index (χ1v) is 16.3. The van der Waals surface area contributed by atoms with Crippen LogP contribution in [0.25, 0.3) is 44.2 Å². The molecule has 2 aliphatic carbocycles. The van der Waals surface area contributed by atoms with E-state index in [9.17, 15) is 0 Å². The lowest BCUT2D eigenvalue weighted by Gasteiger charge is -2.24. The maximum absolute atomic E-state index is 6.34. The molecule has 0 radical (unpaired) electrons. The lowest BCUT2D eigenvalue weighted by molar-refractivity contribution is 0.590. The van der Waals surface area contributed by atoms with E-state index in [1.165, 1.54) is 72.0 Å². The van der Waals surface area contributed by atoms with Crippen LogP contribution in [0.4, 0.5) is 0 Å². The molecule has 220 valence electrons. The minimum absolute atomic E-state index is 0.0578. The molecule has 0 unspecified atom stereocenters. The van der Waals surface area contributed by atoms with Crippen LogP contribution in [-0.4, -0.2) is 0 Å². The summed E-state index contributed by atoms with van der Waals surface area (Å²) in [5.74, 6) is 0. The Kier molecular flexibility index (Phi) is 5.74. The average molecular weight is 575 g/mol. The highest BCUT2D eigenvalue weighted by Crippen LogP contribution is 2.58. The Morgan fingerprint density at radius 3 is 1.98 bits per heavy atom. The zero-order valence-corrected chi connectivity index (χ0v) is 27.2. The van der Waals surface area contributed by atoms with Gasteiger partial charge in [-0.1, -0.05) is 115 Å². The number of rotatable bonds is 4. The van der Waals surface area contributed by atoms with Gasteiger partial charge >= 0.3 is 0 Å². The molecule has 0 amide bonds. The Labute approximate surface area is 261 Å². The third-order valence-electron chi connectivity index (χ3n) is 10.8. The monoisotopic (exact) mass is 574 g/mol. The predicted molar refractivity (Wildman–Crippen MR) is 186 cm³/mol. The molecule has 0 N–H and O–H groups in total. The molecule has 0 bridgehead atoms. The summed E-state index contributed by atoms with van der Waals surface area (Å²) in [6.07, 6.45) is 3.38. The molecule has 0 spiro atoms. The maximum atomic E-state index is 6.34. The van der Waals surface area contributed by atoms with E-state index >= 15 is 0 Å². The molecule has 1 heterocycles. The van der Waals surface area contributed by atoms with Gasteiger partial charge in [0.25, 0.3) is 0 Å². The van der Waals surface area contributed by atoms with E-state index in [-0.39, 0.29) is 16.2 Å². The smallest absolute Gasteiger partial charge is 0.136 e. The number of benzene rings is 5. The molecule has 0 aliphatic heterocycles. The lowest BCUT2D eigenvalue weighted by atomic mass is 9.79. The van der Waals surface area contributed by atoms with Crippen molar-refractivity contribution in [1.29, 1.82) is 0 Å². The number of fused-ring (bicyclic) bond motifs is 10. The van der Waals surface area contributed by atoms with Gasteiger partial charge in [0.05, 0.1) is 0 Å². The first kappa shape index (κ1) is 27.4. The Morgan fingerprint density at radius 1 is 0.568 bits per heavy atom. The SMILES string of the molecule is CC(C)(C)c1ccc(CCCc2ccc3c(c2)C(C)(C)c2cc4c(cc2-3)C(C)(C)c2ccc3oc5ccccc5c3c2-4)cc1. The van der Waals surface area contributed by atoms with Crippen molar-refractivity contribution in [3.63, 3.8) is 0 Å². The van der Waals surface area contributed by atoms with Crippen molar-refractivity contribution in [2.24, 2.45) is 0 Å². The van der Waals surface area contributed by atoms with Crippen LogP contribution in [0.5, 0.6) is 0 Å². The molecule has 6 aromatic rings. The van der Waals surface area contributed by atoms with E-state index < -0.39 is 0 Å². The van der Waals surface area contributed by atoms with E-state index in [0.717, 1.165) is 30.4 Å². The van der Waals surface area contributed by atoms with Crippen LogP contribution >= 0.6 is 0 Å². The van der Waals surface area contributed by atoms with Gasteiger partial charge in [0.1, 0.15) is 11.2 Å². The number of para-hydroxylation sites is 1. The molecule has 8 rings (SSSR count). The largest absolute Gasteiger partial charge is 0.456 e. The minimum atomic E-state index is -0.0792. The molecule has 1 nitrogen and oxygen atoms in total. The first-order valence-electron chi connectivity index (χ1n) is 16.3. The fourth-order valence-corrected chi connectivity index (χ4v) is 8.14. The van der Waals surface area contributed by atoms with E-state index in [2.05, 4.69) is 139 Å². The fraction of sp³-hybridized carbons (Fsp3) is 0.302. The van der Waals surface area contributed by atoms with Crippen LogP contribution in [0.1, 0.15) is 93.8 Å². The third kappa shape index (κ3) is 3.91. The quantitative estimate of drug-likeness (QED) is 0.204. The van der Waals surface area contributed by atoms with Gasteiger partial charge in [-0.2, -0.15) is 0 Å². The van der Waals surface area contributed by atoms with Crippen LogP contribution in [0, 0.1) is 0 Å². The maximum Gasteiger partial charge on any atom is 0.136 e. The molecule has 2 aliphatic rings. The highest BCUT2D eigenvalue weighted by molar-refractivity contribution is 6.15. The molecular weight excluding hydrogens is 532 g/mol. The molecule has 1 heteroatoms.